The summed E-state index contributed by atoms with van der Waals surface area (Å²) in [4.78, 5) is 11.1. The Kier molecular flexibility index (Phi) is 1.77. The number of rotatable bonds is 1. The van der Waals surface area contributed by atoms with Gasteiger partial charge in [-0.05, 0) is 5.56 Å². The van der Waals surface area contributed by atoms with Crippen molar-refractivity contribution in [2.45, 2.75) is 0 Å². The zero-order valence-electron chi connectivity index (χ0n) is 6.86. The molecule has 0 unspecified atom stereocenters. The third-order valence-electron chi connectivity index (χ3n) is 1.90. The number of hydrogen-bond acceptors (Lipinski definition) is 3. The monoisotopic (exact) mass is 176 g/mol. The lowest BCUT2D eigenvalue weighted by atomic mass is 10.1. The summed E-state index contributed by atoms with van der Waals surface area (Å²) in [6.07, 6.45) is 0. The molecule has 1 aromatic rings. The molecule has 0 amide bonds. The van der Waals surface area contributed by atoms with E-state index in [9.17, 15) is 9.90 Å². The second kappa shape index (κ2) is 2.94. The van der Waals surface area contributed by atoms with Gasteiger partial charge in [-0.2, -0.15) is 0 Å². The van der Waals surface area contributed by atoms with Gasteiger partial charge in [-0.15, -0.1) is 0 Å². The Morgan fingerprint density at radius 1 is 1.23 bits per heavy atom. The summed E-state index contributed by atoms with van der Waals surface area (Å²) in [7, 11) is 0. The second-order valence-corrected chi connectivity index (χ2v) is 2.76. The molecule has 0 bridgehead atoms. The van der Waals surface area contributed by atoms with E-state index in [1.807, 2.05) is 6.07 Å². The van der Waals surface area contributed by atoms with Crippen LogP contribution in [0.4, 0.5) is 0 Å². The molecule has 1 aromatic carbocycles. The van der Waals surface area contributed by atoms with Gasteiger partial charge in [0.1, 0.15) is 17.9 Å². The van der Waals surface area contributed by atoms with Gasteiger partial charge < -0.3 is 9.84 Å². The minimum absolute atomic E-state index is 0.0104. The van der Waals surface area contributed by atoms with Crippen molar-refractivity contribution >= 4 is 11.5 Å². The molecule has 0 aliphatic carbocycles. The summed E-state index contributed by atoms with van der Waals surface area (Å²) in [6.45, 7) is -0.0109. The van der Waals surface area contributed by atoms with Crippen LogP contribution in [0.5, 0.6) is 0 Å². The van der Waals surface area contributed by atoms with Gasteiger partial charge in [0.05, 0.1) is 0 Å². The largest absolute Gasteiger partial charge is 0.508 e. The maximum absolute atomic E-state index is 11.1. The van der Waals surface area contributed by atoms with E-state index in [4.69, 9.17) is 0 Å². The highest BCUT2D eigenvalue weighted by Gasteiger charge is 2.25. The summed E-state index contributed by atoms with van der Waals surface area (Å²) in [5.74, 6) is -0.445. The molecule has 1 heterocycles. The fourth-order valence-electron chi connectivity index (χ4n) is 1.29. The fraction of sp³-hybridized carbons (Fsp3) is 0.100. The lowest BCUT2D eigenvalue weighted by Gasteiger charge is -1.97. The van der Waals surface area contributed by atoms with Crippen LogP contribution in [0.3, 0.4) is 0 Å². The standard InChI is InChI=1S/C10H8O3/c11-8-6-13-10(12)9(8)7-4-2-1-3-5-7/h1-5,11H,6H2. The first-order valence-corrected chi connectivity index (χ1v) is 3.93. The molecule has 3 heteroatoms. The van der Waals surface area contributed by atoms with Crippen LogP contribution in [0.1, 0.15) is 5.56 Å². The second-order valence-electron chi connectivity index (χ2n) is 2.76. The van der Waals surface area contributed by atoms with E-state index < -0.39 is 5.97 Å². The first kappa shape index (κ1) is 7.86. The van der Waals surface area contributed by atoms with Crippen LogP contribution in [-0.2, 0) is 9.53 Å². The summed E-state index contributed by atoms with van der Waals surface area (Å²) in [5, 5.41) is 9.35. The number of esters is 1. The van der Waals surface area contributed by atoms with Crippen LogP contribution in [0, 0.1) is 0 Å². The maximum atomic E-state index is 11.1. The van der Waals surface area contributed by atoms with Gasteiger partial charge in [0.2, 0.25) is 0 Å². The SMILES string of the molecule is O=C1OCC(O)=C1c1ccccc1. The van der Waals surface area contributed by atoms with Crippen LogP contribution < -0.4 is 0 Å². The molecule has 0 radical (unpaired) electrons. The zero-order chi connectivity index (χ0) is 9.26. The van der Waals surface area contributed by atoms with Crippen LogP contribution in [-0.4, -0.2) is 17.7 Å². The van der Waals surface area contributed by atoms with Crippen LogP contribution in [0.2, 0.25) is 0 Å². The quantitative estimate of drug-likeness (QED) is 0.660. The lowest BCUT2D eigenvalue weighted by Crippen LogP contribution is -1.98. The number of hydrogen-bond donors (Lipinski definition) is 1. The van der Waals surface area contributed by atoms with Gasteiger partial charge >= 0.3 is 5.97 Å². The molecule has 0 spiro atoms. The summed E-state index contributed by atoms with van der Waals surface area (Å²) >= 11 is 0. The number of cyclic esters (lactones) is 1. The first-order valence-electron chi connectivity index (χ1n) is 3.93. The first-order chi connectivity index (χ1) is 6.29. The predicted molar refractivity (Wildman–Crippen MR) is 46.9 cm³/mol. The van der Waals surface area contributed by atoms with E-state index in [1.54, 1.807) is 24.3 Å². The molecule has 66 valence electrons. The Hall–Kier alpha value is -1.77. The van der Waals surface area contributed by atoms with E-state index in [2.05, 4.69) is 4.74 Å². The van der Waals surface area contributed by atoms with Crippen molar-refractivity contribution in [1.82, 2.24) is 0 Å². The average molecular weight is 176 g/mol. The number of benzene rings is 1. The van der Waals surface area contributed by atoms with E-state index in [0.29, 0.717) is 5.56 Å². The number of aliphatic hydroxyl groups is 1. The molecule has 1 aliphatic rings. The number of aliphatic hydroxyl groups excluding tert-OH is 1. The molecule has 0 saturated carbocycles. The summed E-state index contributed by atoms with van der Waals surface area (Å²) < 4.78 is 4.67. The number of carbonyl (C=O) groups excluding carboxylic acids is 1. The highest BCUT2D eigenvalue weighted by molar-refractivity contribution is 6.18. The van der Waals surface area contributed by atoms with Crippen LogP contribution >= 0.6 is 0 Å². The molecular weight excluding hydrogens is 168 g/mol. The normalized spacial score (nSPS) is 16.2. The van der Waals surface area contributed by atoms with E-state index in [0.717, 1.165) is 0 Å². The minimum Gasteiger partial charge on any atom is -0.508 e. The lowest BCUT2D eigenvalue weighted by molar-refractivity contribution is -0.134. The molecule has 1 aliphatic heterocycles. The third-order valence-corrected chi connectivity index (χ3v) is 1.90. The molecule has 0 aromatic heterocycles. The molecule has 0 saturated heterocycles. The summed E-state index contributed by atoms with van der Waals surface area (Å²) in [5.41, 5.74) is 0.975. The van der Waals surface area contributed by atoms with Gasteiger partial charge in [0, 0.05) is 0 Å². The van der Waals surface area contributed by atoms with Gasteiger partial charge in [-0.25, -0.2) is 4.79 Å². The van der Waals surface area contributed by atoms with Gasteiger partial charge in [0.15, 0.2) is 0 Å². The highest BCUT2D eigenvalue weighted by Crippen LogP contribution is 2.23. The average Bonchev–Trinajstić information content (AvgIpc) is 2.48. The molecule has 13 heavy (non-hydrogen) atoms. The Morgan fingerprint density at radius 3 is 2.46 bits per heavy atom. The third kappa shape index (κ3) is 1.28. The smallest absolute Gasteiger partial charge is 0.342 e. The van der Waals surface area contributed by atoms with E-state index in [1.165, 1.54) is 0 Å². The van der Waals surface area contributed by atoms with Gasteiger partial charge in [-0.1, -0.05) is 30.3 Å². The molecule has 1 N–H and O–H groups in total. The molecule has 2 rings (SSSR count). The van der Waals surface area contributed by atoms with Crippen molar-refractivity contribution < 1.29 is 14.6 Å². The molecule has 3 nitrogen and oxygen atoms in total. The van der Waals surface area contributed by atoms with E-state index >= 15 is 0 Å². The van der Waals surface area contributed by atoms with Gasteiger partial charge in [-0.3, -0.25) is 0 Å². The topological polar surface area (TPSA) is 46.5 Å². The van der Waals surface area contributed by atoms with Crippen molar-refractivity contribution in [3.8, 4) is 0 Å². The Labute approximate surface area is 75.3 Å². The fourth-order valence-corrected chi connectivity index (χ4v) is 1.29. The zero-order valence-corrected chi connectivity index (χ0v) is 6.86. The molecule has 0 atom stereocenters. The Balaban J connectivity index is 2.47. The van der Waals surface area contributed by atoms with Crippen LogP contribution in [0.15, 0.2) is 36.1 Å². The number of carbonyl (C=O) groups is 1. The predicted octanol–water partition coefficient (Wildman–Crippen LogP) is 1.51. The molecule has 0 fully saturated rings. The van der Waals surface area contributed by atoms with Crippen molar-refractivity contribution in [3.63, 3.8) is 0 Å². The van der Waals surface area contributed by atoms with Crippen molar-refractivity contribution in [3.05, 3.63) is 41.7 Å². The number of ether oxygens (including phenoxy) is 1. The Bertz CT molecular complexity index is 365. The van der Waals surface area contributed by atoms with E-state index in [-0.39, 0.29) is 17.9 Å². The molecular formula is C10H8O3. The minimum atomic E-state index is -0.455. The van der Waals surface area contributed by atoms with Crippen molar-refractivity contribution in [2.24, 2.45) is 0 Å². The highest BCUT2D eigenvalue weighted by atomic mass is 16.5. The Morgan fingerprint density at radius 2 is 1.92 bits per heavy atom. The maximum Gasteiger partial charge on any atom is 0.342 e. The van der Waals surface area contributed by atoms with Crippen molar-refractivity contribution in [2.75, 3.05) is 6.61 Å². The van der Waals surface area contributed by atoms with Crippen molar-refractivity contribution in [1.29, 1.82) is 0 Å². The van der Waals surface area contributed by atoms with Gasteiger partial charge in [0.25, 0.3) is 0 Å². The van der Waals surface area contributed by atoms with Crippen LogP contribution in [0.25, 0.3) is 5.57 Å². The summed E-state index contributed by atoms with van der Waals surface area (Å²) in [6, 6.07) is 8.99.